The summed E-state index contributed by atoms with van der Waals surface area (Å²) in [4.78, 5) is 0. The Labute approximate surface area is 312 Å². The summed E-state index contributed by atoms with van der Waals surface area (Å²) in [7, 11) is 0. The lowest BCUT2D eigenvalue weighted by Crippen LogP contribution is -2.11. The van der Waals surface area contributed by atoms with Crippen LogP contribution in [-0.4, -0.2) is 9.13 Å². The molecule has 0 N–H and O–H groups in total. The van der Waals surface area contributed by atoms with E-state index in [1.165, 1.54) is 36.4 Å². The first kappa shape index (κ1) is 35.0. The lowest BCUT2D eigenvalue weighted by molar-refractivity contribution is -0.143. The molecule has 8 aromatic rings. The maximum atomic E-state index is 14.2. The molecular formula is C43H17F6N7. The minimum Gasteiger partial charge on any atom is -0.308 e. The number of rotatable bonds is 3. The van der Waals surface area contributed by atoms with E-state index >= 15 is 0 Å². The van der Waals surface area contributed by atoms with Gasteiger partial charge in [0.2, 0.25) is 0 Å². The molecule has 0 saturated heterocycles. The van der Waals surface area contributed by atoms with Crippen LogP contribution in [0.5, 0.6) is 0 Å². The first-order chi connectivity index (χ1) is 26.8. The van der Waals surface area contributed by atoms with Gasteiger partial charge in [0, 0.05) is 21.5 Å². The monoisotopic (exact) mass is 745 g/mol. The topological polar surface area (TPSA) is 129 Å². The van der Waals surface area contributed by atoms with E-state index in [9.17, 15) is 52.7 Å². The van der Waals surface area contributed by atoms with Crippen molar-refractivity contribution in [2.45, 2.75) is 12.4 Å². The maximum absolute atomic E-state index is 14.2. The Morgan fingerprint density at radius 1 is 0.375 bits per heavy atom. The number of hydrogen-bond donors (Lipinski definition) is 0. The molecule has 266 valence electrons. The Hall–Kier alpha value is -8.05. The molecule has 0 radical (unpaired) electrons. The number of aromatic nitrogens is 2. The van der Waals surface area contributed by atoms with Crippen LogP contribution in [0, 0.1) is 56.7 Å². The molecule has 13 heteroatoms. The van der Waals surface area contributed by atoms with Gasteiger partial charge in [-0.15, -0.1) is 0 Å². The van der Waals surface area contributed by atoms with Gasteiger partial charge in [0.15, 0.2) is 0 Å². The maximum Gasteiger partial charge on any atom is 0.416 e. The van der Waals surface area contributed by atoms with E-state index in [-0.39, 0.29) is 50.8 Å². The van der Waals surface area contributed by atoms with Crippen molar-refractivity contribution in [3.05, 3.63) is 142 Å². The average Bonchev–Trinajstić information content (AvgIpc) is 3.70. The number of nitriles is 5. The van der Waals surface area contributed by atoms with Gasteiger partial charge in [-0.1, -0.05) is 0 Å². The number of alkyl halides is 6. The molecule has 0 unspecified atom stereocenters. The van der Waals surface area contributed by atoms with Gasteiger partial charge in [0.05, 0.1) is 91.1 Å². The summed E-state index contributed by atoms with van der Waals surface area (Å²) in [5, 5.41) is 51.9. The van der Waals surface area contributed by atoms with Crippen LogP contribution in [0.2, 0.25) is 0 Å². The predicted molar refractivity (Wildman–Crippen MR) is 194 cm³/mol. The summed E-state index contributed by atoms with van der Waals surface area (Å²) in [5.41, 5.74) is -0.748. The highest BCUT2D eigenvalue weighted by atomic mass is 19.4. The Bertz CT molecular complexity index is 2890. The minimum absolute atomic E-state index is 0.0357. The molecule has 0 fully saturated rings. The van der Waals surface area contributed by atoms with E-state index in [2.05, 4.69) is 30.3 Å². The Morgan fingerprint density at radius 3 is 0.946 bits per heavy atom. The molecule has 0 spiro atoms. The molecule has 2 heterocycles. The molecule has 0 aliphatic rings. The molecule has 0 aliphatic carbocycles. The van der Waals surface area contributed by atoms with E-state index < -0.39 is 29.0 Å². The van der Waals surface area contributed by atoms with Crippen molar-refractivity contribution in [2.75, 3.05) is 0 Å². The quantitative estimate of drug-likeness (QED) is 0.166. The van der Waals surface area contributed by atoms with Gasteiger partial charge in [-0.25, -0.2) is 0 Å². The van der Waals surface area contributed by atoms with Crippen LogP contribution in [0.3, 0.4) is 0 Å². The largest absolute Gasteiger partial charge is 0.416 e. The van der Waals surface area contributed by atoms with Crippen LogP contribution in [0.25, 0.3) is 66.1 Å². The fourth-order valence-corrected chi connectivity index (χ4v) is 7.21. The first-order valence-corrected chi connectivity index (χ1v) is 16.4. The average molecular weight is 746 g/mol. The SMILES string of the molecule is N#Cc1ccc2c(c1)c1cc(C#N)ccc1n2-c1cc(-c2cc(C(F)(F)F)cc(C(F)(F)F)c2)cc(-n2c3ccc(C#N)cc3c3cc(C#N)ccc32)c1C#N. The number of halogens is 6. The van der Waals surface area contributed by atoms with E-state index in [0.29, 0.717) is 55.7 Å². The fraction of sp³-hybridized carbons (Fsp3) is 0.0465. The second-order valence-corrected chi connectivity index (χ2v) is 12.8. The first-order valence-electron chi connectivity index (χ1n) is 16.4. The Kier molecular flexibility index (Phi) is 7.83. The molecule has 0 saturated carbocycles. The van der Waals surface area contributed by atoms with Crippen molar-refractivity contribution in [2.24, 2.45) is 0 Å². The van der Waals surface area contributed by atoms with Crippen molar-refractivity contribution in [3.63, 3.8) is 0 Å². The molecule has 0 bridgehead atoms. The summed E-state index contributed by atoms with van der Waals surface area (Å²) in [6, 6.07) is 33.3. The van der Waals surface area contributed by atoms with E-state index in [1.54, 1.807) is 57.7 Å². The zero-order chi connectivity index (χ0) is 39.7. The van der Waals surface area contributed by atoms with Crippen LogP contribution >= 0.6 is 0 Å². The molecule has 0 aliphatic heterocycles. The Balaban J connectivity index is 1.59. The van der Waals surface area contributed by atoms with Gasteiger partial charge in [0.1, 0.15) is 11.6 Å². The molecular weight excluding hydrogens is 729 g/mol. The Morgan fingerprint density at radius 2 is 0.679 bits per heavy atom. The third-order valence-electron chi connectivity index (χ3n) is 9.66. The smallest absolute Gasteiger partial charge is 0.308 e. The molecule has 8 rings (SSSR count). The third-order valence-corrected chi connectivity index (χ3v) is 9.66. The minimum atomic E-state index is -5.15. The second kappa shape index (κ2) is 12.5. The summed E-state index contributed by atoms with van der Waals surface area (Å²) >= 11 is 0. The van der Waals surface area contributed by atoms with E-state index in [1.807, 2.05) is 0 Å². The number of nitrogens with zero attached hydrogens (tertiary/aromatic N) is 7. The molecule has 7 nitrogen and oxygen atoms in total. The highest BCUT2D eigenvalue weighted by molar-refractivity contribution is 6.12. The van der Waals surface area contributed by atoms with Gasteiger partial charge in [-0.2, -0.15) is 52.7 Å². The van der Waals surface area contributed by atoms with Crippen LogP contribution in [0.4, 0.5) is 26.3 Å². The number of hydrogen-bond acceptors (Lipinski definition) is 5. The molecule has 0 atom stereocenters. The summed E-state index contributed by atoms with van der Waals surface area (Å²) < 4.78 is 88.5. The van der Waals surface area contributed by atoms with Gasteiger partial charge in [-0.05, 0) is 114 Å². The second-order valence-electron chi connectivity index (χ2n) is 12.8. The molecule has 6 aromatic carbocycles. The van der Waals surface area contributed by atoms with Crippen LogP contribution in [-0.2, 0) is 12.4 Å². The van der Waals surface area contributed by atoms with Gasteiger partial charge in [0.25, 0.3) is 0 Å². The van der Waals surface area contributed by atoms with Gasteiger partial charge >= 0.3 is 12.4 Å². The number of benzene rings is 6. The van der Waals surface area contributed by atoms with Crippen molar-refractivity contribution in [1.82, 2.24) is 9.13 Å². The molecule has 0 amide bonds. The zero-order valence-corrected chi connectivity index (χ0v) is 28.2. The third kappa shape index (κ3) is 5.50. The van der Waals surface area contributed by atoms with Crippen LogP contribution < -0.4 is 0 Å². The van der Waals surface area contributed by atoms with Crippen molar-refractivity contribution < 1.29 is 26.3 Å². The standard InChI is InChI=1S/C43H17F6N7/c44-42(45,46)29-13-27(14-30(17-29)43(47,48)49)28-15-40(55-36-5-1-23(18-50)9-31(36)32-10-24(19-51)2-6-37(32)55)35(22-54)41(16-28)56-38-7-3-25(20-52)11-33(38)34-12-26(21-53)4-8-39(34)56/h1-17H. The van der Waals surface area contributed by atoms with E-state index in [0.717, 1.165) is 0 Å². The normalized spacial score (nSPS) is 11.7. The van der Waals surface area contributed by atoms with Gasteiger partial charge < -0.3 is 9.13 Å². The molecule has 56 heavy (non-hydrogen) atoms. The summed E-state index contributed by atoms with van der Waals surface area (Å²) in [5.74, 6) is 0. The van der Waals surface area contributed by atoms with Crippen LogP contribution in [0.15, 0.2) is 103 Å². The van der Waals surface area contributed by atoms with Gasteiger partial charge in [-0.3, -0.25) is 0 Å². The van der Waals surface area contributed by atoms with Crippen molar-refractivity contribution in [3.8, 4) is 52.8 Å². The fourth-order valence-electron chi connectivity index (χ4n) is 7.21. The van der Waals surface area contributed by atoms with E-state index in [4.69, 9.17) is 0 Å². The zero-order valence-electron chi connectivity index (χ0n) is 28.2. The lowest BCUT2D eigenvalue weighted by Gasteiger charge is -2.19. The highest BCUT2D eigenvalue weighted by Gasteiger charge is 2.37. The van der Waals surface area contributed by atoms with Crippen molar-refractivity contribution in [1.29, 1.82) is 26.3 Å². The summed E-state index contributed by atoms with van der Waals surface area (Å²) in [6.45, 7) is 0. The summed E-state index contributed by atoms with van der Waals surface area (Å²) in [6.07, 6.45) is -10.3. The predicted octanol–water partition coefficient (Wildman–Crippen LogP) is 10.9. The molecule has 2 aromatic heterocycles. The number of fused-ring (bicyclic) bond motifs is 6. The highest BCUT2D eigenvalue weighted by Crippen LogP contribution is 2.43. The lowest BCUT2D eigenvalue weighted by atomic mass is 9.96. The van der Waals surface area contributed by atoms with Crippen LogP contribution in [0.1, 0.15) is 38.9 Å². The van der Waals surface area contributed by atoms with Crippen molar-refractivity contribution >= 4 is 43.6 Å².